The molecule has 14 heteroatoms. The molecule has 54 heavy (non-hydrogen) atoms. The lowest BCUT2D eigenvalue weighted by Gasteiger charge is -2.20. The number of esters is 2. The lowest BCUT2D eigenvalue weighted by molar-refractivity contribution is -0.137. The number of hydrogen-bond acceptors (Lipinski definition) is 9. The molecule has 0 saturated carbocycles. The Morgan fingerprint density at radius 1 is 0.889 bits per heavy atom. The highest BCUT2D eigenvalue weighted by Gasteiger charge is 2.30. The van der Waals surface area contributed by atoms with Crippen molar-refractivity contribution < 1.29 is 51.3 Å². The molecule has 0 radical (unpaired) electrons. The molecular weight excluding hydrogens is 707 g/mol. The lowest BCUT2D eigenvalue weighted by Crippen LogP contribution is -2.24. The van der Waals surface area contributed by atoms with E-state index in [0.29, 0.717) is 30.5 Å². The van der Waals surface area contributed by atoms with Crippen LogP contribution in [-0.4, -0.2) is 74.7 Å². The fourth-order valence-electron chi connectivity index (χ4n) is 5.56. The number of amides is 2. The van der Waals surface area contributed by atoms with Crippen LogP contribution in [0.4, 0.5) is 18.9 Å². The second-order valence-electron chi connectivity index (χ2n) is 12.5. The Labute approximate surface area is 311 Å². The average molecular weight is 750 g/mol. The van der Waals surface area contributed by atoms with Crippen molar-refractivity contribution in [1.82, 2.24) is 9.88 Å². The number of benzene rings is 3. The molecule has 1 atom stereocenters. The van der Waals surface area contributed by atoms with E-state index in [1.54, 1.807) is 52.2 Å². The van der Waals surface area contributed by atoms with E-state index in [4.69, 9.17) is 18.9 Å². The van der Waals surface area contributed by atoms with E-state index < -0.39 is 35.7 Å². The number of pyridine rings is 1. The number of nitrogens with one attached hydrogen (secondary N) is 1. The molecule has 0 bridgehead atoms. The van der Waals surface area contributed by atoms with Crippen LogP contribution in [0.5, 0.6) is 11.5 Å². The summed E-state index contributed by atoms with van der Waals surface area (Å²) in [6.07, 6.45) is -3.29. The van der Waals surface area contributed by atoms with Crippen LogP contribution in [0.25, 0.3) is 11.3 Å². The number of halogens is 3. The number of carbonyl (C=O) groups excluding carboxylic acids is 4. The number of aryl methyl sites for hydroxylation is 2. The Kier molecular flexibility index (Phi) is 13.4. The minimum Gasteiger partial charge on any atom is -0.493 e. The Hall–Kier alpha value is -5.92. The van der Waals surface area contributed by atoms with Crippen molar-refractivity contribution in [3.8, 4) is 22.8 Å². The highest BCUT2D eigenvalue weighted by molar-refractivity contribution is 6.11. The Balaban J connectivity index is 1.52. The van der Waals surface area contributed by atoms with Crippen molar-refractivity contribution >= 4 is 29.4 Å². The van der Waals surface area contributed by atoms with Crippen LogP contribution < -0.4 is 14.8 Å². The first-order valence-electron chi connectivity index (χ1n) is 17.0. The van der Waals surface area contributed by atoms with E-state index >= 15 is 0 Å². The average Bonchev–Trinajstić information content (AvgIpc) is 3.14. The maximum absolute atomic E-state index is 13.7. The lowest BCUT2D eigenvalue weighted by atomic mass is 10.0. The number of nitrogens with zero attached hydrogens (tertiary/aromatic N) is 2. The number of carbonyl (C=O) groups is 4. The summed E-state index contributed by atoms with van der Waals surface area (Å²) in [6.45, 7) is 5.33. The first-order valence-corrected chi connectivity index (χ1v) is 17.0. The van der Waals surface area contributed by atoms with Gasteiger partial charge < -0.3 is 29.2 Å². The van der Waals surface area contributed by atoms with Gasteiger partial charge in [-0.2, -0.15) is 13.2 Å². The summed E-state index contributed by atoms with van der Waals surface area (Å²) in [7, 11) is 5.77. The van der Waals surface area contributed by atoms with E-state index in [9.17, 15) is 32.3 Å². The molecule has 4 aromatic rings. The predicted octanol–water partition coefficient (Wildman–Crippen LogP) is 7.79. The number of aromatic nitrogens is 1. The van der Waals surface area contributed by atoms with E-state index in [1.807, 2.05) is 6.92 Å². The van der Waals surface area contributed by atoms with Gasteiger partial charge in [0.2, 0.25) is 0 Å². The van der Waals surface area contributed by atoms with Crippen LogP contribution in [0, 0.1) is 6.92 Å². The number of hydrogen-bond donors (Lipinski definition) is 1. The van der Waals surface area contributed by atoms with E-state index in [1.165, 1.54) is 49.5 Å². The van der Waals surface area contributed by atoms with Crippen LogP contribution in [0.3, 0.4) is 0 Å². The first kappa shape index (κ1) is 40.8. The van der Waals surface area contributed by atoms with Gasteiger partial charge in [-0.1, -0.05) is 18.2 Å². The third-order valence-electron chi connectivity index (χ3n) is 8.32. The normalized spacial score (nSPS) is 11.7. The van der Waals surface area contributed by atoms with Gasteiger partial charge in [-0.15, -0.1) is 0 Å². The summed E-state index contributed by atoms with van der Waals surface area (Å²) in [5.41, 5.74) is 1.76. The molecule has 3 aromatic carbocycles. The molecule has 286 valence electrons. The number of anilines is 1. The highest BCUT2D eigenvalue weighted by Crippen LogP contribution is 2.36. The third-order valence-corrected chi connectivity index (χ3v) is 8.32. The number of ether oxygens (including phenoxy) is 4. The summed E-state index contributed by atoms with van der Waals surface area (Å²) < 4.78 is 61.1. The van der Waals surface area contributed by atoms with Crippen molar-refractivity contribution in [2.45, 2.75) is 52.3 Å². The SMILES string of the molecule is CCOC(=O)c1cc(OC)c(OC(C)CCCc2ccc(NC(=O)c3ccc(C)nc3-c3ccc(C(F)(F)F)cc3)c(C(=O)N(C)C)c2)c(C(=O)OC)c1. The zero-order valence-corrected chi connectivity index (χ0v) is 31.1. The third kappa shape index (κ3) is 9.94. The van der Waals surface area contributed by atoms with Gasteiger partial charge in [0.15, 0.2) is 11.5 Å². The minimum atomic E-state index is -4.52. The molecule has 0 saturated heterocycles. The monoisotopic (exact) mass is 749 g/mol. The Morgan fingerprint density at radius 3 is 2.20 bits per heavy atom. The van der Waals surface area contributed by atoms with E-state index in [-0.39, 0.29) is 57.6 Å². The van der Waals surface area contributed by atoms with E-state index in [0.717, 1.165) is 17.7 Å². The van der Waals surface area contributed by atoms with Gasteiger partial charge in [-0.25, -0.2) is 9.59 Å². The molecule has 4 rings (SSSR count). The number of alkyl halides is 3. The van der Waals surface area contributed by atoms with Gasteiger partial charge in [-0.05, 0) is 94.1 Å². The largest absolute Gasteiger partial charge is 0.493 e. The van der Waals surface area contributed by atoms with Gasteiger partial charge in [0.25, 0.3) is 11.8 Å². The van der Waals surface area contributed by atoms with Crippen molar-refractivity contribution in [2.75, 3.05) is 40.2 Å². The van der Waals surface area contributed by atoms with E-state index in [2.05, 4.69) is 10.3 Å². The molecule has 1 N–H and O–H groups in total. The number of rotatable bonds is 14. The standard InChI is InChI=1S/C40H42F3N3O8/c1-8-53-38(49)27-21-31(39(50)52-7)35(33(22-27)51-6)54-24(3)10-9-11-25-13-19-32(30(20-25)37(48)46(4)5)45-36(47)29-18-12-23(2)44-34(29)26-14-16-28(17-15-26)40(41,42)43/h12-22,24H,8-11H2,1-7H3,(H,45,47). The van der Waals surface area contributed by atoms with Crippen molar-refractivity contribution in [2.24, 2.45) is 0 Å². The molecule has 0 aliphatic carbocycles. The van der Waals surface area contributed by atoms with Crippen molar-refractivity contribution in [3.05, 3.63) is 106 Å². The highest BCUT2D eigenvalue weighted by atomic mass is 19.4. The van der Waals surface area contributed by atoms with Crippen LogP contribution in [-0.2, 0) is 22.1 Å². The molecular formula is C40H42F3N3O8. The summed E-state index contributed by atoms with van der Waals surface area (Å²) in [5, 5.41) is 2.80. The summed E-state index contributed by atoms with van der Waals surface area (Å²) >= 11 is 0. The summed E-state index contributed by atoms with van der Waals surface area (Å²) in [6, 6.07) is 15.4. The molecule has 0 spiro atoms. The first-order chi connectivity index (χ1) is 25.6. The quantitative estimate of drug-likeness (QED) is 0.128. The molecule has 0 fully saturated rings. The second kappa shape index (κ2) is 17.7. The molecule has 1 aromatic heterocycles. The zero-order chi connectivity index (χ0) is 39.7. The van der Waals surface area contributed by atoms with Crippen molar-refractivity contribution in [1.29, 1.82) is 0 Å². The summed E-state index contributed by atoms with van der Waals surface area (Å²) in [4.78, 5) is 57.8. The van der Waals surface area contributed by atoms with Gasteiger partial charge in [-0.3, -0.25) is 14.6 Å². The molecule has 2 amide bonds. The van der Waals surface area contributed by atoms with Crippen LogP contribution in [0.1, 0.15) is 84.9 Å². The Morgan fingerprint density at radius 2 is 1.59 bits per heavy atom. The molecule has 1 heterocycles. The van der Waals surface area contributed by atoms with Crippen molar-refractivity contribution in [3.63, 3.8) is 0 Å². The minimum absolute atomic E-state index is 0.00382. The van der Waals surface area contributed by atoms with Crippen LogP contribution in [0.2, 0.25) is 0 Å². The van der Waals surface area contributed by atoms with Gasteiger partial charge in [0, 0.05) is 25.4 Å². The number of methoxy groups -OCH3 is 2. The molecule has 0 aliphatic rings. The predicted molar refractivity (Wildman–Crippen MR) is 195 cm³/mol. The molecule has 1 unspecified atom stereocenters. The Bertz CT molecular complexity index is 2010. The van der Waals surface area contributed by atoms with Gasteiger partial charge in [0.1, 0.15) is 5.56 Å². The van der Waals surface area contributed by atoms with Crippen LogP contribution in [0.15, 0.2) is 66.7 Å². The summed E-state index contributed by atoms with van der Waals surface area (Å²) in [5.74, 6) is -2.03. The fourth-order valence-corrected chi connectivity index (χ4v) is 5.56. The molecule has 11 nitrogen and oxygen atoms in total. The smallest absolute Gasteiger partial charge is 0.416 e. The topological polar surface area (TPSA) is 133 Å². The van der Waals surface area contributed by atoms with Crippen LogP contribution >= 0.6 is 0 Å². The van der Waals surface area contributed by atoms with Gasteiger partial charge in [0.05, 0.1) is 60.6 Å². The van der Waals surface area contributed by atoms with Gasteiger partial charge >= 0.3 is 18.1 Å². The zero-order valence-electron chi connectivity index (χ0n) is 31.1. The molecule has 0 aliphatic heterocycles. The maximum Gasteiger partial charge on any atom is 0.416 e. The fraction of sp³-hybridized carbons (Fsp3) is 0.325. The second-order valence-corrected chi connectivity index (χ2v) is 12.5. The maximum atomic E-state index is 13.7.